The first-order valence-corrected chi connectivity index (χ1v) is 6.72. The Kier molecular flexibility index (Phi) is 2.57. The average Bonchev–Trinajstić information content (AvgIpc) is 2.54. The Hall–Kier alpha value is -2.95. The van der Waals surface area contributed by atoms with E-state index < -0.39 is 0 Å². The maximum atomic E-state index is 4.62. The maximum Gasteiger partial charge on any atom is 0.350 e. The number of hydrogen-bond acceptors (Lipinski definition) is 3. The van der Waals surface area contributed by atoms with Crippen LogP contribution in [-0.2, 0) is 0 Å². The zero-order valence-electron chi connectivity index (χ0n) is 11.5. The van der Waals surface area contributed by atoms with Crippen molar-refractivity contribution in [3.8, 4) is 0 Å². The predicted octanol–water partition coefficient (Wildman–Crippen LogP) is 2.45. The van der Waals surface area contributed by atoms with Gasteiger partial charge in [-0.25, -0.2) is 0 Å². The van der Waals surface area contributed by atoms with E-state index in [-0.39, 0.29) is 0 Å². The van der Waals surface area contributed by atoms with Crippen LogP contribution in [0.1, 0.15) is 11.3 Å². The Morgan fingerprint density at radius 3 is 2.71 bits per heavy atom. The smallest absolute Gasteiger partial charge is 0.350 e. The number of hydrogen-bond donors (Lipinski definition) is 0. The lowest BCUT2D eigenvalue weighted by Gasteiger charge is -2.38. The van der Waals surface area contributed by atoms with Gasteiger partial charge < -0.3 is 10.4 Å². The van der Waals surface area contributed by atoms with Gasteiger partial charge in [-0.3, -0.25) is 0 Å². The summed E-state index contributed by atoms with van der Waals surface area (Å²) in [5.74, 6) is 0.765. The predicted molar refractivity (Wildman–Crippen MR) is 81.3 cm³/mol. The number of anilines is 1. The van der Waals surface area contributed by atoms with Gasteiger partial charge in [0, 0.05) is 6.07 Å². The summed E-state index contributed by atoms with van der Waals surface area (Å²) in [5, 5.41) is 6.39. The first kappa shape index (κ1) is 11.8. The van der Waals surface area contributed by atoms with Crippen molar-refractivity contribution in [2.75, 3.05) is 12.1 Å². The van der Waals surface area contributed by atoms with Crippen LogP contribution in [0.2, 0.25) is 0 Å². The van der Waals surface area contributed by atoms with Gasteiger partial charge in [0.1, 0.15) is 6.20 Å². The third-order valence-corrected chi connectivity index (χ3v) is 3.39. The number of fused-ring (bicyclic) bond motifs is 2. The Labute approximate surface area is 122 Å². The van der Waals surface area contributed by atoms with E-state index in [9.17, 15) is 0 Å². The molecule has 0 bridgehead atoms. The number of pyridine rings is 1. The van der Waals surface area contributed by atoms with Gasteiger partial charge in [0.15, 0.2) is 5.69 Å². The highest BCUT2D eigenvalue weighted by molar-refractivity contribution is 5.93. The summed E-state index contributed by atoms with van der Waals surface area (Å²) < 4.78 is 1.77. The molecule has 0 aliphatic carbocycles. The van der Waals surface area contributed by atoms with Crippen LogP contribution in [0, 0.1) is 0 Å². The molecular formula is C16H13N5. The molecule has 0 radical (unpaired) electrons. The van der Waals surface area contributed by atoms with E-state index in [4.69, 9.17) is 0 Å². The minimum atomic E-state index is 0.765. The van der Waals surface area contributed by atoms with Crippen molar-refractivity contribution in [3.63, 3.8) is 0 Å². The van der Waals surface area contributed by atoms with Gasteiger partial charge in [-0.2, -0.15) is 0 Å². The van der Waals surface area contributed by atoms with Crippen molar-refractivity contribution < 1.29 is 4.52 Å². The molecule has 0 saturated heterocycles. The molecule has 3 aromatic rings. The maximum absolute atomic E-state index is 4.62. The van der Waals surface area contributed by atoms with Crippen LogP contribution in [0.3, 0.4) is 0 Å². The van der Waals surface area contributed by atoms with Crippen LogP contribution in [0.25, 0.3) is 22.8 Å². The molecule has 1 aromatic carbocycles. The van der Waals surface area contributed by atoms with Gasteiger partial charge in [0.2, 0.25) is 0 Å². The second kappa shape index (κ2) is 4.56. The highest BCUT2D eigenvalue weighted by Crippen LogP contribution is 2.33. The van der Waals surface area contributed by atoms with Crippen LogP contribution < -0.4 is 9.52 Å². The van der Waals surface area contributed by atoms with E-state index in [0.29, 0.717) is 0 Å². The molecule has 0 N–H and O–H groups in total. The van der Waals surface area contributed by atoms with Crippen molar-refractivity contribution in [2.45, 2.75) is 0 Å². The standard InChI is InChI=1S/C16H13N5/c1-20-16-14(19-21-10-6-5-9-15(21)17-16)11-13(18-20)12-7-3-2-4-8-12/h2-11H,1H3. The molecule has 3 heterocycles. The van der Waals surface area contributed by atoms with E-state index >= 15 is 0 Å². The fourth-order valence-electron chi connectivity index (χ4n) is 2.37. The third-order valence-electron chi connectivity index (χ3n) is 3.39. The van der Waals surface area contributed by atoms with E-state index in [2.05, 4.69) is 15.5 Å². The van der Waals surface area contributed by atoms with Crippen molar-refractivity contribution in [2.24, 2.45) is 0 Å². The van der Waals surface area contributed by atoms with Crippen molar-refractivity contribution in [1.82, 2.24) is 10.1 Å². The molecule has 5 nitrogen and oxygen atoms in total. The zero-order chi connectivity index (χ0) is 14.2. The van der Waals surface area contributed by atoms with Gasteiger partial charge in [-0.15, -0.1) is 10.2 Å². The van der Waals surface area contributed by atoms with Gasteiger partial charge in [0.25, 0.3) is 5.82 Å². The van der Waals surface area contributed by atoms with E-state index in [0.717, 1.165) is 28.4 Å². The Balaban J connectivity index is 1.90. The fraction of sp³-hybridized carbons (Fsp3) is 0.0625. The summed E-state index contributed by atoms with van der Waals surface area (Å²) in [5.41, 5.74) is 8.15. The van der Waals surface area contributed by atoms with E-state index in [1.54, 1.807) is 9.52 Å². The molecule has 0 spiro atoms. The molecule has 5 heteroatoms. The van der Waals surface area contributed by atoms with Crippen molar-refractivity contribution in [3.05, 3.63) is 71.4 Å². The Morgan fingerprint density at radius 2 is 1.86 bits per heavy atom. The van der Waals surface area contributed by atoms with Gasteiger partial charge >= 0.3 is 5.65 Å². The van der Waals surface area contributed by atoms with E-state index in [1.165, 1.54) is 0 Å². The van der Waals surface area contributed by atoms with Crippen LogP contribution in [0.5, 0.6) is 0 Å². The SMILES string of the molecule is CN1[N-]C(c2ccccc2)=Cc2n[n+]3ccccc3nc21. The molecule has 2 aromatic heterocycles. The van der Waals surface area contributed by atoms with Crippen LogP contribution in [0.4, 0.5) is 5.82 Å². The van der Waals surface area contributed by atoms with Crippen LogP contribution in [-0.4, -0.2) is 17.1 Å². The monoisotopic (exact) mass is 275 g/mol. The van der Waals surface area contributed by atoms with Crippen LogP contribution >= 0.6 is 0 Å². The highest BCUT2D eigenvalue weighted by Gasteiger charge is 2.19. The lowest BCUT2D eigenvalue weighted by molar-refractivity contribution is -0.583. The third kappa shape index (κ3) is 1.99. The molecule has 1 aliphatic rings. The number of aromatic nitrogens is 3. The molecule has 1 aliphatic heterocycles. The normalized spacial score (nSPS) is 13.6. The molecule has 0 atom stereocenters. The highest BCUT2D eigenvalue weighted by atomic mass is 15.5. The quantitative estimate of drug-likeness (QED) is 0.641. The summed E-state index contributed by atoms with van der Waals surface area (Å²) in [6.45, 7) is 0. The number of nitrogens with zero attached hydrogens (tertiary/aromatic N) is 5. The van der Waals surface area contributed by atoms with E-state index in [1.807, 2.05) is 67.9 Å². The number of benzene rings is 1. The molecule has 0 amide bonds. The summed E-state index contributed by atoms with van der Waals surface area (Å²) in [6.07, 6.45) is 3.86. The molecule has 0 saturated carbocycles. The minimum absolute atomic E-state index is 0.765. The van der Waals surface area contributed by atoms with Gasteiger partial charge in [-0.05, 0) is 29.7 Å². The second-order valence-electron chi connectivity index (χ2n) is 4.84. The lowest BCUT2D eigenvalue weighted by Crippen LogP contribution is -2.31. The molecule has 0 unspecified atom stereocenters. The fourth-order valence-corrected chi connectivity index (χ4v) is 2.37. The molecule has 4 rings (SSSR count). The first-order chi connectivity index (χ1) is 10.3. The summed E-state index contributed by atoms with van der Waals surface area (Å²) >= 11 is 0. The largest absolute Gasteiger partial charge is 0.591 e. The zero-order valence-corrected chi connectivity index (χ0v) is 11.5. The Bertz CT molecular complexity index is 842. The average molecular weight is 275 g/mol. The summed E-state index contributed by atoms with van der Waals surface area (Å²) in [7, 11) is 1.89. The Morgan fingerprint density at radius 1 is 1.05 bits per heavy atom. The molecule has 0 fully saturated rings. The minimum Gasteiger partial charge on any atom is -0.591 e. The second-order valence-corrected chi connectivity index (χ2v) is 4.84. The lowest BCUT2D eigenvalue weighted by atomic mass is 10.1. The van der Waals surface area contributed by atoms with Gasteiger partial charge in [0.05, 0.1) is 0 Å². The molecular weight excluding hydrogens is 262 g/mol. The number of rotatable bonds is 1. The van der Waals surface area contributed by atoms with Crippen molar-refractivity contribution in [1.29, 1.82) is 0 Å². The van der Waals surface area contributed by atoms with Crippen molar-refractivity contribution >= 4 is 23.2 Å². The summed E-state index contributed by atoms with van der Waals surface area (Å²) in [6, 6.07) is 15.9. The van der Waals surface area contributed by atoms with Crippen LogP contribution in [0.15, 0.2) is 54.7 Å². The topological polar surface area (TPSA) is 47.2 Å². The van der Waals surface area contributed by atoms with Gasteiger partial charge in [-0.1, -0.05) is 41.5 Å². The molecule has 21 heavy (non-hydrogen) atoms. The first-order valence-electron chi connectivity index (χ1n) is 6.72. The molecule has 102 valence electrons. The summed E-state index contributed by atoms with van der Waals surface area (Å²) in [4.78, 5) is 4.61.